The van der Waals surface area contributed by atoms with E-state index in [-0.39, 0.29) is 31.9 Å². The number of carbonyl (C=O) groups excluding carboxylic acids is 4. The molecular weight excluding hydrogens is 636 g/mol. The van der Waals surface area contributed by atoms with Gasteiger partial charge in [0, 0.05) is 13.5 Å². The quantitative estimate of drug-likeness (QED) is 0.265. The predicted octanol–water partition coefficient (Wildman–Crippen LogP) is 3.77. The molecule has 0 spiro atoms. The zero-order chi connectivity index (χ0) is 35.7. The van der Waals surface area contributed by atoms with E-state index in [0.29, 0.717) is 19.3 Å². The number of benzene rings is 1. The Morgan fingerprint density at radius 1 is 1.10 bits per heavy atom. The van der Waals surface area contributed by atoms with Crippen molar-refractivity contribution >= 4 is 39.4 Å². The maximum absolute atomic E-state index is 14.4. The van der Waals surface area contributed by atoms with Crippen LogP contribution in [-0.4, -0.2) is 80.3 Å². The summed E-state index contributed by atoms with van der Waals surface area (Å²) in [6.07, 6.45) is 4.65. The van der Waals surface area contributed by atoms with E-state index in [2.05, 4.69) is 21.9 Å². The molecule has 48 heavy (non-hydrogen) atoms. The number of alkyl carbamates (subject to hydrolysis) is 1. The van der Waals surface area contributed by atoms with Crippen LogP contribution < -0.4 is 15.4 Å². The first kappa shape index (κ1) is 37.1. The van der Waals surface area contributed by atoms with Crippen molar-refractivity contribution in [3.63, 3.8) is 0 Å². The lowest BCUT2D eigenvalue weighted by Gasteiger charge is -2.35. The van der Waals surface area contributed by atoms with Crippen LogP contribution in [0.3, 0.4) is 0 Å². The van der Waals surface area contributed by atoms with Gasteiger partial charge in [0.05, 0.1) is 18.4 Å². The predicted molar refractivity (Wildman–Crippen MR) is 182 cm³/mol. The summed E-state index contributed by atoms with van der Waals surface area (Å²) in [6.45, 7) is 14.7. The molecule has 2 aliphatic carbocycles. The monoisotopic (exact) mass is 686 g/mol. The lowest BCUT2D eigenvalue weighted by atomic mass is 9.85. The Balaban J connectivity index is 1.71. The summed E-state index contributed by atoms with van der Waals surface area (Å²) in [5.41, 5.74) is -0.614. The molecule has 1 aliphatic heterocycles. The van der Waals surface area contributed by atoms with Gasteiger partial charge in [0.15, 0.2) is 0 Å². The van der Waals surface area contributed by atoms with E-state index >= 15 is 0 Å². The van der Waals surface area contributed by atoms with Gasteiger partial charge in [-0.3, -0.25) is 19.1 Å². The molecule has 13 heteroatoms. The van der Waals surface area contributed by atoms with Gasteiger partial charge in [-0.05, 0) is 61.1 Å². The van der Waals surface area contributed by atoms with Gasteiger partial charge in [0.1, 0.15) is 23.2 Å². The fourth-order valence-corrected chi connectivity index (χ4v) is 7.89. The molecule has 5 atom stereocenters. The van der Waals surface area contributed by atoms with Gasteiger partial charge >= 0.3 is 6.09 Å². The van der Waals surface area contributed by atoms with Crippen molar-refractivity contribution in [3.05, 3.63) is 54.1 Å². The maximum atomic E-state index is 14.4. The van der Waals surface area contributed by atoms with Gasteiger partial charge in [-0.25, -0.2) is 13.2 Å². The average molecular weight is 687 g/mol. The Bertz CT molecular complexity index is 1560. The van der Waals surface area contributed by atoms with E-state index in [0.717, 1.165) is 16.7 Å². The van der Waals surface area contributed by atoms with Gasteiger partial charge in [-0.2, -0.15) is 0 Å². The molecule has 0 bridgehead atoms. The van der Waals surface area contributed by atoms with Crippen molar-refractivity contribution in [2.24, 2.45) is 11.3 Å². The zero-order valence-corrected chi connectivity index (χ0v) is 29.9. The van der Waals surface area contributed by atoms with Gasteiger partial charge in [-0.15, -0.1) is 0 Å². The molecule has 0 radical (unpaired) electrons. The Morgan fingerprint density at radius 2 is 1.75 bits per heavy atom. The number of nitrogens with one attached hydrogen (secondary N) is 3. The highest BCUT2D eigenvalue weighted by atomic mass is 32.2. The number of allylic oxidation sites excluding steroid dienone is 3. The molecule has 4 rings (SSSR count). The second-order valence-corrected chi connectivity index (χ2v) is 16.1. The number of likely N-dealkylation sites (tertiary alicyclic amines) is 1. The molecule has 264 valence electrons. The maximum Gasteiger partial charge on any atom is 0.407 e. The summed E-state index contributed by atoms with van der Waals surface area (Å²) >= 11 is 0. The molecule has 12 nitrogen and oxygen atoms in total. The van der Waals surface area contributed by atoms with Gasteiger partial charge in [0.2, 0.25) is 21.8 Å². The van der Waals surface area contributed by atoms with Crippen molar-refractivity contribution in [1.82, 2.24) is 20.3 Å². The summed E-state index contributed by atoms with van der Waals surface area (Å²) in [6, 6.07) is 5.47. The SMILES string of the molecule is C=CC=C(C)c1ccc(C2(OC)CC(C(=O)NC3(C(=O)NS(=O)(=O)C4CC4)CC3CC)N(C(=O)C(NC(=O)OCC)C(C)(C)C)C2)cc1. The Hall–Kier alpha value is -3.71. The number of sulfonamides is 1. The lowest BCUT2D eigenvalue weighted by Crippen LogP contribution is -2.60. The molecule has 3 N–H and O–H groups in total. The minimum absolute atomic E-state index is 0.0230. The van der Waals surface area contributed by atoms with E-state index in [9.17, 15) is 27.6 Å². The number of carbonyl (C=O) groups is 4. The minimum atomic E-state index is -3.85. The third-order valence-electron chi connectivity index (χ3n) is 9.73. The molecule has 1 aromatic rings. The smallest absolute Gasteiger partial charge is 0.407 e. The summed E-state index contributed by atoms with van der Waals surface area (Å²) in [4.78, 5) is 56.2. The summed E-state index contributed by atoms with van der Waals surface area (Å²) in [5, 5.41) is 4.94. The average Bonchev–Trinajstić information content (AvgIpc) is 3.96. The molecule has 5 unspecified atom stereocenters. The Labute approximate surface area is 284 Å². The molecule has 1 heterocycles. The summed E-state index contributed by atoms with van der Waals surface area (Å²) in [7, 11) is -2.34. The van der Waals surface area contributed by atoms with Gasteiger partial charge < -0.3 is 25.0 Å². The van der Waals surface area contributed by atoms with E-state index in [1.807, 2.05) is 44.2 Å². The molecule has 3 aliphatic rings. The Morgan fingerprint density at radius 3 is 2.25 bits per heavy atom. The van der Waals surface area contributed by atoms with Crippen molar-refractivity contribution in [3.8, 4) is 0 Å². The van der Waals surface area contributed by atoms with Crippen LogP contribution in [0.25, 0.3) is 5.57 Å². The largest absolute Gasteiger partial charge is 0.450 e. The highest BCUT2D eigenvalue weighted by Gasteiger charge is 2.63. The number of methoxy groups -OCH3 is 1. The first-order valence-corrected chi connectivity index (χ1v) is 18.1. The normalized spacial score (nSPS) is 26.3. The van der Waals surface area contributed by atoms with Crippen LogP contribution in [0.15, 0.2) is 43.0 Å². The zero-order valence-electron chi connectivity index (χ0n) is 29.1. The summed E-state index contributed by atoms with van der Waals surface area (Å²) < 4.78 is 38.8. The van der Waals surface area contributed by atoms with Gasteiger partial charge in [-0.1, -0.05) is 77.1 Å². The summed E-state index contributed by atoms with van der Waals surface area (Å²) in [5.74, 6) is -2.17. The van der Waals surface area contributed by atoms with Crippen LogP contribution in [0.2, 0.25) is 0 Å². The fraction of sp³-hybridized carbons (Fsp3) is 0.600. The molecular formula is C35H50N4O8S. The topological polar surface area (TPSA) is 160 Å². The number of amides is 4. The molecule has 2 saturated carbocycles. The third-order valence-corrected chi connectivity index (χ3v) is 11.6. The van der Waals surface area contributed by atoms with E-state index in [1.54, 1.807) is 33.8 Å². The second-order valence-electron chi connectivity index (χ2n) is 14.2. The first-order chi connectivity index (χ1) is 22.5. The lowest BCUT2D eigenvalue weighted by molar-refractivity contribution is -0.143. The van der Waals surface area contributed by atoms with Crippen molar-refractivity contribution < 1.29 is 37.1 Å². The molecule has 0 aromatic heterocycles. The van der Waals surface area contributed by atoms with Crippen LogP contribution in [0.1, 0.15) is 84.8 Å². The molecule has 3 fully saturated rings. The molecule has 4 amide bonds. The highest BCUT2D eigenvalue weighted by molar-refractivity contribution is 7.91. The van der Waals surface area contributed by atoms with E-state index in [1.165, 1.54) is 12.0 Å². The van der Waals surface area contributed by atoms with Crippen molar-refractivity contribution in [1.29, 1.82) is 0 Å². The van der Waals surface area contributed by atoms with Crippen molar-refractivity contribution in [2.75, 3.05) is 20.3 Å². The number of ether oxygens (including phenoxy) is 2. The van der Waals surface area contributed by atoms with E-state index < -0.39 is 67.7 Å². The highest BCUT2D eigenvalue weighted by Crippen LogP contribution is 2.48. The fourth-order valence-electron chi connectivity index (χ4n) is 6.52. The van der Waals surface area contributed by atoms with Gasteiger partial charge in [0.25, 0.3) is 5.91 Å². The van der Waals surface area contributed by atoms with Crippen LogP contribution in [0.5, 0.6) is 0 Å². The van der Waals surface area contributed by atoms with Crippen LogP contribution in [0.4, 0.5) is 4.79 Å². The second kappa shape index (κ2) is 14.0. The van der Waals surface area contributed by atoms with Crippen molar-refractivity contribution in [2.45, 2.75) is 102 Å². The molecule has 1 saturated heterocycles. The number of hydrogen-bond donors (Lipinski definition) is 3. The number of hydrogen-bond acceptors (Lipinski definition) is 8. The third kappa shape index (κ3) is 7.62. The molecule has 1 aromatic carbocycles. The number of nitrogens with zero attached hydrogens (tertiary/aromatic N) is 1. The Kier molecular flexibility index (Phi) is 10.8. The van der Waals surface area contributed by atoms with Crippen LogP contribution >= 0.6 is 0 Å². The first-order valence-electron chi connectivity index (χ1n) is 16.6. The number of rotatable bonds is 13. The standard InChI is InChI=1S/C35H50N4O8S/c1-9-12-22(4)23-13-15-25(16-14-23)34(46-8)20-27(39(21-34)30(41)28(33(5,6)7)36-32(43)47-11-3)29(40)37-35(19-24(35)10-2)31(42)38-48(44,45)26-17-18-26/h9,12-16,24,26-28H,1,10-11,17-21H2,2-8H3,(H,36,43)(H,37,40)(H,38,42). The van der Waals surface area contributed by atoms with E-state index in [4.69, 9.17) is 9.47 Å². The van der Waals surface area contributed by atoms with Crippen LogP contribution in [0, 0.1) is 11.3 Å². The minimum Gasteiger partial charge on any atom is -0.450 e. The van der Waals surface area contributed by atoms with Crippen LogP contribution in [-0.2, 0) is 39.5 Å².